The summed E-state index contributed by atoms with van der Waals surface area (Å²) in [5.41, 5.74) is 2.86. The van der Waals surface area contributed by atoms with E-state index in [4.69, 9.17) is 4.74 Å². The molecule has 0 aliphatic heterocycles. The summed E-state index contributed by atoms with van der Waals surface area (Å²) in [6.07, 6.45) is 1.26. The molecule has 0 N–H and O–H groups in total. The van der Waals surface area contributed by atoms with Gasteiger partial charge in [0.15, 0.2) is 5.78 Å². The van der Waals surface area contributed by atoms with Gasteiger partial charge in [-0.2, -0.15) is 0 Å². The van der Waals surface area contributed by atoms with Crippen LogP contribution in [0.5, 0.6) is 5.75 Å². The highest BCUT2D eigenvalue weighted by atomic mass is 16.5. The third-order valence-electron chi connectivity index (χ3n) is 3.20. The minimum Gasteiger partial charge on any atom is -0.496 e. The average molecular weight is 254 g/mol. The van der Waals surface area contributed by atoms with Gasteiger partial charge in [0, 0.05) is 6.42 Å². The number of ether oxygens (including phenoxy) is 1. The highest BCUT2D eigenvalue weighted by Crippen LogP contribution is 2.24. The van der Waals surface area contributed by atoms with Crippen molar-refractivity contribution in [3.8, 4) is 5.75 Å². The van der Waals surface area contributed by atoms with Crippen LogP contribution >= 0.6 is 0 Å². The van der Waals surface area contributed by atoms with E-state index in [-0.39, 0.29) is 5.78 Å². The molecule has 0 saturated carbocycles. The standard InChI is InChI=1S/C17H18O2/c1-13-7-6-10-15(17(13)19-2)16(18)12-11-14-8-4-3-5-9-14/h3-10H,11-12H2,1-2H3. The van der Waals surface area contributed by atoms with Crippen LogP contribution in [0.3, 0.4) is 0 Å². The lowest BCUT2D eigenvalue weighted by Crippen LogP contribution is -2.04. The molecule has 0 saturated heterocycles. The molecule has 2 heteroatoms. The third kappa shape index (κ3) is 3.22. The largest absolute Gasteiger partial charge is 0.496 e. The molecule has 0 heterocycles. The van der Waals surface area contributed by atoms with E-state index in [1.165, 1.54) is 5.56 Å². The Hall–Kier alpha value is -2.09. The van der Waals surface area contributed by atoms with Crippen molar-refractivity contribution in [3.05, 3.63) is 65.2 Å². The van der Waals surface area contributed by atoms with Gasteiger partial charge in [0.2, 0.25) is 0 Å². The summed E-state index contributed by atoms with van der Waals surface area (Å²) >= 11 is 0. The van der Waals surface area contributed by atoms with Gasteiger partial charge in [0.25, 0.3) is 0 Å². The number of Topliss-reactive ketones (excluding diaryl/α,β-unsaturated/α-hetero) is 1. The van der Waals surface area contributed by atoms with Crippen LogP contribution in [0, 0.1) is 6.92 Å². The summed E-state index contributed by atoms with van der Waals surface area (Å²) in [4.78, 5) is 12.3. The van der Waals surface area contributed by atoms with Gasteiger partial charge < -0.3 is 4.74 Å². The molecule has 0 aliphatic rings. The number of hydrogen-bond donors (Lipinski definition) is 0. The minimum atomic E-state index is 0.129. The third-order valence-corrected chi connectivity index (χ3v) is 3.20. The Labute approximate surface area is 114 Å². The maximum absolute atomic E-state index is 12.3. The van der Waals surface area contributed by atoms with E-state index in [0.29, 0.717) is 17.7 Å². The molecule has 0 spiro atoms. The van der Waals surface area contributed by atoms with Crippen molar-refractivity contribution >= 4 is 5.78 Å². The second-order valence-corrected chi connectivity index (χ2v) is 4.56. The molecule has 0 bridgehead atoms. The fraction of sp³-hybridized carbons (Fsp3) is 0.235. The van der Waals surface area contributed by atoms with Crippen LogP contribution in [0.15, 0.2) is 48.5 Å². The molecule has 0 aliphatic carbocycles. The Balaban J connectivity index is 2.10. The van der Waals surface area contributed by atoms with Crippen LogP contribution < -0.4 is 4.74 Å². The lowest BCUT2D eigenvalue weighted by Gasteiger charge is -2.10. The first kappa shape index (κ1) is 13.3. The number of para-hydroxylation sites is 1. The van der Waals surface area contributed by atoms with E-state index >= 15 is 0 Å². The molecule has 0 amide bonds. The molecule has 0 fully saturated rings. The molecule has 2 aromatic carbocycles. The van der Waals surface area contributed by atoms with E-state index in [1.54, 1.807) is 7.11 Å². The van der Waals surface area contributed by atoms with Crippen LogP contribution in [-0.2, 0) is 6.42 Å². The van der Waals surface area contributed by atoms with Crippen molar-refractivity contribution in [2.24, 2.45) is 0 Å². The first-order valence-electron chi connectivity index (χ1n) is 6.43. The number of hydrogen-bond acceptors (Lipinski definition) is 2. The predicted molar refractivity (Wildman–Crippen MR) is 76.8 cm³/mol. The summed E-state index contributed by atoms with van der Waals surface area (Å²) in [6.45, 7) is 1.95. The average Bonchev–Trinajstić information content (AvgIpc) is 2.45. The molecular weight excluding hydrogens is 236 g/mol. The smallest absolute Gasteiger partial charge is 0.166 e. The number of rotatable bonds is 5. The van der Waals surface area contributed by atoms with Crippen LogP contribution in [0.1, 0.15) is 27.9 Å². The molecule has 2 nitrogen and oxygen atoms in total. The number of carbonyl (C=O) groups excluding carboxylic acids is 1. The molecule has 0 radical (unpaired) electrons. The van der Waals surface area contributed by atoms with Crippen molar-refractivity contribution in [1.82, 2.24) is 0 Å². The topological polar surface area (TPSA) is 26.3 Å². The van der Waals surface area contributed by atoms with Crippen molar-refractivity contribution < 1.29 is 9.53 Å². The van der Waals surface area contributed by atoms with Gasteiger partial charge in [-0.15, -0.1) is 0 Å². The molecule has 0 unspecified atom stereocenters. The van der Waals surface area contributed by atoms with E-state index in [1.807, 2.05) is 55.5 Å². The number of methoxy groups -OCH3 is 1. The monoisotopic (exact) mass is 254 g/mol. The maximum atomic E-state index is 12.3. The Bertz CT molecular complexity index is 559. The minimum absolute atomic E-state index is 0.129. The number of ketones is 1. The molecule has 0 aromatic heterocycles. The lowest BCUT2D eigenvalue weighted by molar-refractivity contribution is 0.0979. The van der Waals surface area contributed by atoms with Gasteiger partial charge in [-0.05, 0) is 30.5 Å². The SMILES string of the molecule is COc1c(C)cccc1C(=O)CCc1ccccc1. The van der Waals surface area contributed by atoms with Gasteiger partial charge >= 0.3 is 0 Å². The molecule has 2 aromatic rings. The Morgan fingerprint density at radius 2 is 1.79 bits per heavy atom. The van der Waals surface area contributed by atoms with Crippen LogP contribution in [0.2, 0.25) is 0 Å². The van der Waals surface area contributed by atoms with E-state index in [9.17, 15) is 4.79 Å². The van der Waals surface area contributed by atoms with E-state index < -0.39 is 0 Å². The molecule has 98 valence electrons. The van der Waals surface area contributed by atoms with Crippen molar-refractivity contribution in [1.29, 1.82) is 0 Å². The highest BCUT2D eigenvalue weighted by Gasteiger charge is 2.13. The van der Waals surface area contributed by atoms with Crippen molar-refractivity contribution in [3.63, 3.8) is 0 Å². The summed E-state index contributed by atoms with van der Waals surface area (Å²) in [5.74, 6) is 0.824. The second kappa shape index (κ2) is 6.19. The summed E-state index contributed by atoms with van der Waals surface area (Å²) in [7, 11) is 1.61. The summed E-state index contributed by atoms with van der Waals surface area (Å²) < 4.78 is 5.33. The summed E-state index contributed by atoms with van der Waals surface area (Å²) in [6, 6.07) is 15.7. The molecule has 0 atom stereocenters. The molecule has 2 rings (SSSR count). The Morgan fingerprint density at radius 3 is 2.47 bits per heavy atom. The van der Waals surface area contributed by atoms with Crippen LogP contribution in [-0.4, -0.2) is 12.9 Å². The zero-order valence-electron chi connectivity index (χ0n) is 11.3. The quantitative estimate of drug-likeness (QED) is 0.758. The first-order valence-corrected chi connectivity index (χ1v) is 6.43. The number of benzene rings is 2. The Kier molecular flexibility index (Phi) is 4.35. The highest BCUT2D eigenvalue weighted by molar-refractivity contribution is 5.99. The zero-order valence-corrected chi connectivity index (χ0v) is 11.3. The lowest BCUT2D eigenvalue weighted by atomic mass is 10.0. The van der Waals surface area contributed by atoms with Gasteiger partial charge in [-0.25, -0.2) is 0 Å². The van der Waals surface area contributed by atoms with Gasteiger partial charge in [0.1, 0.15) is 5.75 Å². The van der Waals surface area contributed by atoms with E-state index in [0.717, 1.165) is 12.0 Å². The number of carbonyl (C=O) groups is 1. The van der Waals surface area contributed by atoms with Gasteiger partial charge in [0.05, 0.1) is 12.7 Å². The normalized spacial score (nSPS) is 10.2. The Morgan fingerprint density at radius 1 is 1.05 bits per heavy atom. The van der Waals surface area contributed by atoms with Crippen molar-refractivity contribution in [2.75, 3.05) is 7.11 Å². The predicted octanol–water partition coefficient (Wildman–Crippen LogP) is 3.82. The maximum Gasteiger partial charge on any atom is 0.166 e. The van der Waals surface area contributed by atoms with Crippen LogP contribution in [0.25, 0.3) is 0 Å². The van der Waals surface area contributed by atoms with E-state index in [2.05, 4.69) is 0 Å². The number of aryl methyl sites for hydroxylation is 2. The van der Waals surface area contributed by atoms with Gasteiger partial charge in [-0.3, -0.25) is 4.79 Å². The van der Waals surface area contributed by atoms with Crippen LogP contribution in [0.4, 0.5) is 0 Å². The summed E-state index contributed by atoms with van der Waals surface area (Å²) in [5, 5.41) is 0. The molecular formula is C17H18O2. The zero-order chi connectivity index (χ0) is 13.7. The van der Waals surface area contributed by atoms with Crippen molar-refractivity contribution in [2.45, 2.75) is 19.8 Å². The van der Waals surface area contributed by atoms with Gasteiger partial charge in [-0.1, -0.05) is 42.5 Å². The fourth-order valence-electron chi connectivity index (χ4n) is 2.18. The molecule has 19 heavy (non-hydrogen) atoms. The second-order valence-electron chi connectivity index (χ2n) is 4.56. The fourth-order valence-corrected chi connectivity index (χ4v) is 2.18. The first-order chi connectivity index (χ1) is 9.22.